The first-order valence-electron chi connectivity index (χ1n) is 6.89. The summed E-state index contributed by atoms with van der Waals surface area (Å²) in [4.78, 5) is 8.36. The zero-order chi connectivity index (χ0) is 13.9. The lowest BCUT2D eigenvalue weighted by Crippen LogP contribution is -2.29. The van der Waals surface area contributed by atoms with E-state index in [0.29, 0.717) is 29.4 Å². The van der Waals surface area contributed by atoms with Crippen molar-refractivity contribution in [3.05, 3.63) is 30.0 Å². The summed E-state index contributed by atoms with van der Waals surface area (Å²) in [5, 5.41) is 7.24. The third kappa shape index (κ3) is 2.70. The highest BCUT2D eigenvalue weighted by Crippen LogP contribution is 2.32. The van der Waals surface area contributed by atoms with Crippen molar-refractivity contribution in [2.45, 2.75) is 37.6 Å². The second-order valence-electron chi connectivity index (χ2n) is 5.16. The minimum atomic E-state index is -0.372. The van der Waals surface area contributed by atoms with Gasteiger partial charge < -0.3 is 9.84 Å². The van der Waals surface area contributed by atoms with Crippen molar-refractivity contribution in [3.8, 4) is 11.5 Å². The van der Waals surface area contributed by atoms with Crippen LogP contribution in [0.2, 0.25) is 0 Å². The van der Waals surface area contributed by atoms with Gasteiger partial charge in [0.25, 0.3) is 0 Å². The molecule has 1 aliphatic rings. The number of aromatic nitrogens is 3. The van der Waals surface area contributed by atoms with E-state index < -0.39 is 0 Å². The van der Waals surface area contributed by atoms with E-state index in [2.05, 4.69) is 20.4 Å². The molecule has 0 aromatic carbocycles. The minimum absolute atomic E-state index is 0.321. The Bertz CT molecular complexity index is 561. The number of nitrogens with one attached hydrogen (secondary N) is 1. The van der Waals surface area contributed by atoms with E-state index in [-0.39, 0.29) is 5.82 Å². The zero-order valence-corrected chi connectivity index (χ0v) is 11.3. The average molecular weight is 276 g/mol. The molecule has 2 aromatic rings. The Hall–Kier alpha value is -1.82. The van der Waals surface area contributed by atoms with Gasteiger partial charge >= 0.3 is 0 Å². The van der Waals surface area contributed by atoms with Crippen molar-refractivity contribution in [3.63, 3.8) is 0 Å². The van der Waals surface area contributed by atoms with Crippen LogP contribution in [0.4, 0.5) is 4.39 Å². The summed E-state index contributed by atoms with van der Waals surface area (Å²) in [5.41, 5.74) is 0.533. The predicted octanol–water partition coefficient (Wildman–Crippen LogP) is 2.52. The molecule has 0 spiro atoms. The summed E-state index contributed by atoms with van der Waals surface area (Å²) in [6.45, 7) is 0. The maximum Gasteiger partial charge on any atom is 0.230 e. The van der Waals surface area contributed by atoms with Crippen LogP contribution in [0.3, 0.4) is 0 Å². The summed E-state index contributed by atoms with van der Waals surface area (Å²) in [5.74, 6) is 1.04. The van der Waals surface area contributed by atoms with E-state index in [0.717, 1.165) is 31.9 Å². The van der Waals surface area contributed by atoms with Crippen LogP contribution in [0.5, 0.6) is 0 Å². The number of hydrogen-bond donors (Lipinski definition) is 1. The molecule has 0 unspecified atom stereocenters. The van der Waals surface area contributed by atoms with Crippen molar-refractivity contribution in [1.82, 2.24) is 20.4 Å². The van der Waals surface area contributed by atoms with Gasteiger partial charge in [-0.25, -0.2) is 9.37 Å². The molecule has 0 saturated heterocycles. The number of rotatable bonds is 3. The smallest absolute Gasteiger partial charge is 0.230 e. The Kier molecular flexibility index (Phi) is 3.73. The normalized spacial score (nSPS) is 22.9. The Labute approximate surface area is 116 Å². The zero-order valence-electron chi connectivity index (χ0n) is 11.3. The molecule has 3 rings (SSSR count). The molecular formula is C14H17FN4O. The molecule has 106 valence electrons. The number of nitrogens with zero attached hydrogens (tertiary/aromatic N) is 3. The van der Waals surface area contributed by atoms with Crippen LogP contribution in [0.1, 0.15) is 37.5 Å². The Morgan fingerprint density at radius 1 is 1.25 bits per heavy atom. The van der Waals surface area contributed by atoms with E-state index in [1.165, 1.54) is 6.07 Å². The highest BCUT2D eigenvalue weighted by atomic mass is 19.1. The van der Waals surface area contributed by atoms with Crippen LogP contribution in [0, 0.1) is 5.82 Å². The summed E-state index contributed by atoms with van der Waals surface area (Å²) < 4.78 is 18.2. The number of halogens is 1. The average Bonchev–Trinajstić information content (AvgIpc) is 2.98. The van der Waals surface area contributed by atoms with Crippen LogP contribution in [-0.2, 0) is 0 Å². The Balaban J connectivity index is 1.72. The van der Waals surface area contributed by atoms with Crippen LogP contribution in [0.15, 0.2) is 22.9 Å². The first-order valence-corrected chi connectivity index (χ1v) is 6.89. The van der Waals surface area contributed by atoms with Crippen LogP contribution < -0.4 is 5.32 Å². The number of hydrogen-bond acceptors (Lipinski definition) is 5. The van der Waals surface area contributed by atoms with Gasteiger partial charge in [0.2, 0.25) is 11.7 Å². The molecule has 6 heteroatoms. The van der Waals surface area contributed by atoms with Crippen molar-refractivity contribution < 1.29 is 8.91 Å². The number of pyridine rings is 1. The van der Waals surface area contributed by atoms with E-state index in [9.17, 15) is 4.39 Å². The Morgan fingerprint density at radius 2 is 2.05 bits per heavy atom. The fraction of sp³-hybridized carbons (Fsp3) is 0.500. The second-order valence-corrected chi connectivity index (χ2v) is 5.16. The third-order valence-corrected chi connectivity index (χ3v) is 3.88. The lowest BCUT2D eigenvalue weighted by atomic mass is 9.86. The van der Waals surface area contributed by atoms with Crippen molar-refractivity contribution in [2.24, 2.45) is 0 Å². The maximum atomic E-state index is 12.8. The summed E-state index contributed by atoms with van der Waals surface area (Å²) in [7, 11) is 2.00. The van der Waals surface area contributed by atoms with Crippen LogP contribution >= 0.6 is 0 Å². The van der Waals surface area contributed by atoms with Gasteiger partial charge in [-0.15, -0.1) is 0 Å². The predicted molar refractivity (Wildman–Crippen MR) is 71.5 cm³/mol. The van der Waals surface area contributed by atoms with E-state index in [1.54, 1.807) is 6.07 Å². The molecule has 0 atom stereocenters. The molecule has 20 heavy (non-hydrogen) atoms. The highest BCUT2D eigenvalue weighted by molar-refractivity contribution is 5.47. The molecule has 5 nitrogen and oxygen atoms in total. The van der Waals surface area contributed by atoms with Gasteiger partial charge in [0.05, 0.1) is 6.20 Å². The van der Waals surface area contributed by atoms with Crippen molar-refractivity contribution >= 4 is 0 Å². The lowest BCUT2D eigenvalue weighted by Gasteiger charge is -2.25. The summed E-state index contributed by atoms with van der Waals surface area (Å²) in [6, 6.07) is 3.49. The molecule has 0 amide bonds. The first-order chi connectivity index (χ1) is 9.76. The topological polar surface area (TPSA) is 63.8 Å². The monoisotopic (exact) mass is 276 g/mol. The molecule has 1 fully saturated rings. The Morgan fingerprint density at radius 3 is 2.70 bits per heavy atom. The van der Waals surface area contributed by atoms with Gasteiger partial charge in [0, 0.05) is 12.0 Å². The summed E-state index contributed by atoms with van der Waals surface area (Å²) >= 11 is 0. The third-order valence-electron chi connectivity index (χ3n) is 3.88. The quantitative estimate of drug-likeness (QED) is 0.933. The molecule has 0 radical (unpaired) electrons. The highest BCUT2D eigenvalue weighted by Gasteiger charge is 2.26. The van der Waals surface area contributed by atoms with Gasteiger partial charge in [-0.05, 0) is 44.9 Å². The van der Waals surface area contributed by atoms with E-state index >= 15 is 0 Å². The van der Waals surface area contributed by atoms with Gasteiger partial charge in [0.1, 0.15) is 11.5 Å². The van der Waals surface area contributed by atoms with Gasteiger partial charge in [-0.3, -0.25) is 0 Å². The van der Waals surface area contributed by atoms with Crippen molar-refractivity contribution in [2.75, 3.05) is 7.05 Å². The first kappa shape index (κ1) is 13.2. The molecule has 2 heterocycles. The molecule has 0 bridgehead atoms. The molecule has 1 aliphatic carbocycles. The largest absolute Gasteiger partial charge is 0.339 e. The van der Waals surface area contributed by atoms with Gasteiger partial charge in [0.15, 0.2) is 0 Å². The maximum absolute atomic E-state index is 12.8. The fourth-order valence-electron chi connectivity index (χ4n) is 2.64. The van der Waals surface area contributed by atoms with E-state index in [1.807, 2.05) is 7.05 Å². The lowest BCUT2D eigenvalue weighted by molar-refractivity contribution is 0.288. The fourth-order valence-corrected chi connectivity index (χ4v) is 2.64. The second kappa shape index (κ2) is 5.66. The molecule has 1 saturated carbocycles. The summed E-state index contributed by atoms with van der Waals surface area (Å²) in [6.07, 6.45) is 5.48. The van der Waals surface area contributed by atoms with Gasteiger partial charge in [-0.2, -0.15) is 4.98 Å². The van der Waals surface area contributed by atoms with Crippen molar-refractivity contribution in [1.29, 1.82) is 0 Å². The molecule has 1 N–H and O–H groups in total. The molecule has 2 aromatic heterocycles. The van der Waals surface area contributed by atoms with Gasteiger partial charge in [-0.1, -0.05) is 5.16 Å². The molecular weight excluding hydrogens is 259 g/mol. The van der Waals surface area contributed by atoms with Crippen LogP contribution in [0.25, 0.3) is 11.5 Å². The van der Waals surface area contributed by atoms with Crippen LogP contribution in [-0.4, -0.2) is 28.2 Å². The minimum Gasteiger partial charge on any atom is -0.339 e. The van der Waals surface area contributed by atoms with E-state index in [4.69, 9.17) is 4.52 Å². The standard InChI is InChI=1S/C14H17FN4O/c1-16-11-5-2-9(3-6-11)14-18-13(19-20-14)12-7-4-10(15)8-17-12/h4,7-9,11,16H,2-3,5-6H2,1H3. The molecule has 0 aliphatic heterocycles. The SMILES string of the molecule is CNC1CCC(c2nc(-c3ccc(F)cn3)no2)CC1.